The molecular formula is C19H14ClNO4. The summed E-state index contributed by atoms with van der Waals surface area (Å²) in [6.45, 7) is 1.28. The molecule has 0 fully saturated rings. The van der Waals surface area contributed by atoms with Crippen LogP contribution in [0.1, 0.15) is 5.56 Å². The molecule has 1 aliphatic rings. The quantitative estimate of drug-likeness (QED) is 0.715. The molecule has 25 heavy (non-hydrogen) atoms. The molecule has 2 heterocycles. The molecule has 0 N–H and O–H groups in total. The van der Waals surface area contributed by atoms with Crippen molar-refractivity contribution in [2.75, 3.05) is 20.3 Å². The fourth-order valence-corrected chi connectivity index (χ4v) is 2.97. The van der Waals surface area contributed by atoms with E-state index in [1.807, 2.05) is 24.3 Å². The zero-order chi connectivity index (χ0) is 17.4. The number of nitrogens with zero attached hydrogens (tertiary/aromatic N) is 1. The Labute approximate surface area is 148 Å². The fourth-order valence-electron chi connectivity index (χ4n) is 2.80. The van der Waals surface area contributed by atoms with Crippen molar-refractivity contribution < 1.29 is 13.9 Å². The van der Waals surface area contributed by atoms with E-state index in [1.165, 1.54) is 7.11 Å². The van der Waals surface area contributed by atoms with E-state index in [1.54, 1.807) is 18.2 Å². The first-order valence-electron chi connectivity index (χ1n) is 7.76. The average molecular weight is 356 g/mol. The Morgan fingerprint density at radius 1 is 1.12 bits per heavy atom. The van der Waals surface area contributed by atoms with E-state index in [-0.39, 0.29) is 11.2 Å². The van der Waals surface area contributed by atoms with Gasteiger partial charge in [-0.1, -0.05) is 23.7 Å². The number of rotatable bonds is 3. The minimum absolute atomic E-state index is 0.150. The average Bonchev–Trinajstić information content (AvgIpc) is 3.17. The minimum atomic E-state index is -0.256. The molecule has 0 aliphatic carbocycles. The van der Waals surface area contributed by atoms with E-state index in [0.29, 0.717) is 40.8 Å². The standard InChI is InChI=1S/C19H14ClNO4/c1-23-18-16(22)14-10-13(20)6-7-15(14)25-17(18)11-2-4-12(5-3-11)19-21-8-9-24-19/h2-7,10H,8-9H2,1H3. The van der Waals surface area contributed by atoms with Crippen LogP contribution in [0.2, 0.25) is 5.02 Å². The number of fused-ring (bicyclic) bond motifs is 1. The van der Waals surface area contributed by atoms with Gasteiger partial charge in [0, 0.05) is 16.1 Å². The number of aliphatic imine (C=N–C) groups is 1. The molecule has 0 amide bonds. The van der Waals surface area contributed by atoms with Crippen molar-refractivity contribution in [3.05, 3.63) is 63.3 Å². The first-order valence-corrected chi connectivity index (χ1v) is 8.13. The summed E-state index contributed by atoms with van der Waals surface area (Å²) in [4.78, 5) is 17.0. The number of methoxy groups -OCH3 is 1. The fraction of sp³-hybridized carbons (Fsp3) is 0.158. The Hall–Kier alpha value is -2.79. The van der Waals surface area contributed by atoms with Crippen LogP contribution in [0.15, 0.2) is 56.7 Å². The normalized spacial score (nSPS) is 13.6. The van der Waals surface area contributed by atoms with Crippen LogP contribution in [-0.4, -0.2) is 26.2 Å². The second-order valence-electron chi connectivity index (χ2n) is 5.55. The number of benzene rings is 2. The van der Waals surface area contributed by atoms with Gasteiger partial charge in [0.1, 0.15) is 12.2 Å². The third kappa shape index (κ3) is 2.76. The largest absolute Gasteiger partial charge is 0.490 e. The highest BCUT2D eigenvalue weighted by Gasteiger charge is 2.18. The van der Waals surface area contributed by atoms with Crippen LogP contribution >= 0.6 is 11.6 Å². The van der Waals surface area contributed by atoms with Crippen molar-refractivity contribution in [2.24, 2.45) is 4.99 Å². The molecule has 0 saturated heterocycles. The lowest BCUT2D eigenvalue weighted by Gasteiger charge is -2.10. The first-order chi connectivity index (χ1) is 12.2. The summed E-state index contributed by atoms with van der Waals surface area (Å²) < 4.78 is 16.7. The smallest absolute Gasteiger partial charge is 0.235 e. The van der Waals surface area contributed by atoms with Crippen LogP contribution in [0, 0.1) is 0 Å². The Kier molecular flexibility index (Phi) is 3.93. The highest BCUT2D eigenvalue weighted by atomic mass is 35.5. The summed E-state index contributed by atoms with van der Waals surface area (Å²) in [7, 11) is 1.45. The van der Waals surface area contributed by atoms with Crippen LogP contribution in [0.3, 0.4) is 0 Å². The maximum Gasteiger partial charge on any atom is 0.235 e. The number of hydrogen-bond acceptors (Lipinski definition) is 5. The maximum atomic E-state index is 12.7. The van der Waals surface area contributed by atoms with Crippen molar-refractivity contribution in [1.82, 2.24) is 0 Å². The highest BCUT2D eigenvalue weighted by molar-refractivity contribution is 6.31. The maximum absolute atomic E-state index is 12.7. The van der Waals surface area contributed by atoms with Gasteiger partial charge < -0.3 is 13.9 Å². The van der Waals surface area contributed by atoms with Gasteiger partial charge >= 0.3 is 0 Å². The van der Waals surface area contributed by atoms with Crippen LogP contribution in [0.4, 0.5) is 0 Å². The lowest BCUT2D eigenvalue weighted by Crippen LogP contribution is -2.07. The molecule has 6 heteroatoms. The Balaban J connectivity index is 1.85. The lowest BCUT2D eigenvalue weighted by molar-refractivity contribution is 0.348. The van der Waals surface area contributed by atoms with Gasteiger partial charge in [-0.3, -0.25) is 4.79 Å². The van der Waals surface area contributed by atoms with Crippen LogP contribution < -0.4 is 10.2 Å². The SMILES string of the molecule is COc1c(-c2ccc(C3=NCCO3)cc2)oc2ccc(Cl)cc2c1=O. The molecule has 0 spiro atoms. The van der Waals surface area contributed by atoms with Gasteiger partial charge in [0.05, 0.1) is 19.0 Å². The zero-order valence-electron chi connectivity index (χ0n) is 13.4. The third-order valence-electron chi connectivity index (χ3n) is 3.99. The Morgan fingerprint density at radius 3 is 2.56 bits per heavy atom. The minimum Gasteiger partial charge on any atom is -0.490 e. The summed E-state index contributed by atoms with van der Waals surface area (Å²) in [5.41, 5.74) is 1.81. The van der Waals surface area contributed by atoms with Crippen LogP contribution in [0.5, 0.6) is 5.75 Å². The monoisotopic (exact) mass is 355 g/mol. The highest BCUT2D eigenvalue weighted by Crippen LogP contribution is 2.31. The second-order valence-corrected chi connectivity index (χ2v) is 5.98. The van der Waals surface area contributed by atoms with Crippen molar-refractivity contribution in [3.8, 4) is 17.1 Å². The predicted molar refractivity (Wildman–Crippen MR) is 96.8 cm³/mol. The van der Waals surface area contributed by atoms with Crippen molar-refractivity contribution in [2.45, 2.75) is 0 Å². The summed E-state index contributed by atoms with van der Waals surface area (Å²) in [6, 6.07) is 12.4. The molecule has 0 atom stereocenters. The van der Waals surface area contributed by atoms with E-state index in [9.17, 15) is 4.79 Å². The molecule has 1 aromatic heterocycles. The van der Waals surface area contributed by atoms with Gasteiger partial charge in [-0.2, -0.15) is 0 Å². The van der Waals surface area contributed by atoms with E-state index >= 15 is 0 Å². The number of ether oxygens (including phenoxy) is 2. The molecule has 4 rings (SSSR count). The van der Waals surface area contributed by atoms with Crippen molar-refractivity contribution in [1.29, 1.82) is 0 Å². The lowest BCUT2D eigenvalue weighted by atomic mass is 10.1. The van der Waals surface area contributed by atoms with Gasteiger partial charge in [-0.05, 0) is 30.3 Å². The van der Waals surface area contributed by atoms with Crippen LogP contribution in [0.25, 0.3) is 22.3 Å². The molecule has 5 nitrogen and oxygen atoms in total. The van der Waals surface area contributed by atoms with Crippen molar-refractivity contribution >= 4 is 28.5 Å². The molecule has 3 aromatic rings. The first kappa shape index (κ1) is 15.7. The van der Waals surface area contributed by atoms with E-state index < -0.39 is 0 Å². The summed E-state index contributed by atoms with van der Waals surface area (Å²) in [5.74, 6) is 1.16. The van der Waals surface area contributed by atoms with Gasteiger partial charge in [0.2, 0.25) is 17.1 Å². The predicted octanol–water partition coefficient (Wildman–Crippen LogP) is 3.90. The molecule has 2 aromatic carbocycles. The molecule has 0 unspecified atom stereocenters. The number of halogens is 1. The van der Waals surface area contributed by atoms with E-state index in [0.717, 1.165) is 11.1 Å². The van der Waals surface area contributed by atoms with Gasteiger partial charge in [0.25, 0.3) is 0 Å². The molecule has 0 radical (unpaired) electrons. The summed E-state index contributed by atoms with van der Waals surface area (Å²) in [6.07, 6.45) is 0. The molecule has 1 aliphatic heterocycles. The second kappa shape index (κ2) is 6.26. The zero-order valence-corrected chi connectivity index (χ0v) is 14.2. The Bertz CT molecular complexity index is 1040. The third-order valence-corrected chi connectivity index (χ3v) is 4.23. The summed E-state index contributed by atoms with van der Waals surface area (Å²) >= 11 is 5.98. The molecular weight excluding hydrogens is 342 g/mol. The molecule has 0 bridgehead atoms. The number of hydrogen-bond donors (Lipinski definition) is 0. The molecule has 126 valence electrons. The van der Waals surface area contributed by atoms with Gasteiger partial charge in [-0.25, -0.2) is 4.99 Å². The van der Waals surface area contributed by atoms with Crippen molar-refractivity contribution in [3.63, 3.8) is 0 Å². The Morgan fingerprint density at radius 2 is 1.88 bits per heavy atom. The van der Waals surface area contributed by atoms with Gasteiger partial charge in [-0.15, -0.1) is 0 Å². The summed E-state index contributed by atoms with van der Waals surface area (Å²) in [5, 5.41) is 0.856. The molecule has 0 saturated carbocycles. The topological polar surface area (TPSA) is 61.0 Å². The van der Waals surface area contributed by atoms with E-state index in [2.05, 4.69) is 4.99 Å². The van der Waals surface area contributed by atoms with E-state index in [4.69, 9.17) is 25.5 Å². The van der Waals surface area contributed by atoms with Crippen LogP contribution in [-0.2, 0) is 4.74 Å². The van der Waals surface area contributed by atoms with Gasteiger partial charge in [0.15, 0.2) is 5.76 Å².